The van der Waals surface area contributed by atoms with Crippen molar-refractivity contribution in [3.05, 3.63) is 82.0 Å². The molecule has 0 bridgehead atoms. The fourth-order valence-corrected chi connectivity index (χ4v) is 4.46. The summed E-state index contributed by atoms with van der Waals surface area (Å²) >= 11 is 0. The van der Waals surface area contributed by atoms with Crippen LogP contribution in [0.3, 0.4) is 0 Å². The number of benzene rings is 2. The molecule has 36 heavy (non-hydrogen) atoms. The molecule has 0 fully saturated rings. The fourth-order valence-electron chi connectivity index (χ4n) is 4.46. The number of amides is 1. The number of fused-ring (bicyclic) bond motifs is 1. The Morgan fingerprint density at radius 1 is 1.14 bits per heavy atom. The van der Waals surface area contributed by atoms with E-state index in [1.807, 2.05) is 42.8 Å². The van der Waals surface area contributed by atoms with E-state index in [0.717, 1.165) is 29.1 Å². The van der Waals surface area contributed by atoms with Gasteiger partial charge >= 0.3 is 5.97 Å². The van der Waals surface area contributed by atoms with Crippen LogP contribution < -0.4 is 10.2 Å². The van der Waals surface area contributed by atoms with E-state index >= 15 is 0 Å². The quantitative estimate of drug-likeness (QED) is 0.331. The van der Waals surface area contributed by atoms with Crippen LogP contribution >= 0.6 is 0 Å². The molecule has 1 aliphatic heterocycles. The normalized spacial score (nSPS) is 13.4. The average Bonchev–Trinajstić information content (AvgIpc) is 3.41. The van der Waals surface area contributed by atoms with Crippen molar-refractivity contribution < 1.29 is 24.2 Å². The van der Waals surface area contributed by atoms with E-state index in [9.17, 15) is 9.59 Å². The lowest BCUT2D eigenvalue weighted by Crippen LogP contribution is -2.29. The Morgan fingerprint density at radius 2 is 1.89 bits per heavy atom. The first-order valence-corrected chi connectivity index (χ1v) is 12.0. The number of hydrogen-bond donors (Lipinski definition) is 2. The first-order chi connectivity index (χ1) is 17.4. The number of ether oxygens (including phenoxy) is 2. The molecule has 0 aliphatic carbocycles. The Labute approximate surface area is 210 Å². The van der Waals surface area contributed by atoms with E-state index in [2.05, 4.69) is 27.4 Å². The minimum absolute atomic E-state index is 0.000924. The van der Waals surface area contributed by atoms with E-state index in [1.165, 1.54) is 7.11 Å². The monoisotopic (exact) mass is 492 g/mol. The smallest absolute Gasteiger partial charge is 0.337 e. The molecule has 0 radical (unpaired) electrons. The predicted octanol–water partition coefficient (Wildman–Crippen LogP) is 3.00. The van der Waals surface area contributed by atoms with Crippen molar-refractivity contribution in [1.82, 2.24) is 15.1 Å². The number of carbonyl (C=O) groups excluding carboxylic acids is 2. The predicted molar refractivity (Wildman–Crippen MR) is 135 cm³/mol. The number of carbonyl (C=O) groups is 2. The highest BCUT2D eigenvalue weighted by Crippen LogP contribution is 2.30. The van der Waals surface area contributed by atoms with E-state index in [0.29, 0.717) is 43.1 Å². The van der Waals surface area contributed by atoms with Gasteiger partial charge in [0, 0.05) is 13.1 Å². The molecule has 2 N–H and O–H groups in total. The number of aryl methyl sites for hydroxylation is 1. The molecule has 190 valence electrons. The number of hydrogen-bond acceptors (Lipinski definition) is 7. The Morgan fingerprint density at radius 3 is 2.61 bits per heavy atom. The van der Waals surface area contributed by atoms with Gasteiger partial charge in [0.2, 0.25) is 0 Å². The summed E-state index contributed by atoms with van der Waals surface area (Å²) in [4.78, 5) is 27.3. The summed E-state index contributed by atoms with van der Waals surface area (Å²) < 4.78 is 12.1. The highest BCUT2D eigenvalue weighted by Gasteiger charge is 2.30. The molecule has 1 atom stereocenters. The fraction of sp³-hybridized carbons (Fsp3) is 0.370. The second kappa shape index (κ2) is 11.4. The zero-order chi connectivity index (χ0) is 25.7. The molecule has 4 rings (SSSR count). The third kappa shape index (κ3) is 5.58. The van der Waals surface area contributed by atoms with Gasteiger partial charge in [0.1, 0.15) is 11.4 Å². The van der Waals surface area contributed by atoms with Crippen molar-refractivity contribution in [1.29, 1.82) is 0 Å². The number of aliphatic hydroxyl groups is 1. The molecule has 0 saturated carbocycles. The number of aliphatic hydroxyl groups excluding tert-OH is 1. The van der Waals surface area contributed by atoms with E-state index in [4.69, 9.17) is 14.6 Å². The number of esters is 1. The average molecular weight is 493 g/mol. The second-order valence-corrected chi connectivity index (χ2v) is 8.83. The van der Waals surface area contributed by atoms with Gasteiger partial charge in [0.05, 0.1) is 50.8 Å². The topological polar surface area (TPSA) is 106 Å². The highest BCUT2D eigenvalue weighted by atomic mass is 16.5. The summed E-state index contributed by atoms with van der Waals surface area (Å²) in [6, 6.07) is 14.9. The highest BCUT2D eigenvalue weighted by molar-refractivity contribution is 6.00. The first-order valence-electron chi connectivity index (χ1n) is 12.0. The van der Waals surface area contributed by atoms with Gasteiger partial charge in [-0.1, -0.05) is 36.4 Å². The van der Waals surface area contributed by atoms with Crippen molar-refractivity contribution in [2.45, 2.75) is 39.6 Å². The maximum absolute atomic E-state index is 13.4. The van der Waals surface area contributed by atoms with Gasteiger partial charge in [-0.05, 0) is 42.7 Å². The molecule has 0 saturated heterocycles. The van der Waals surface area contributed by atoms with Crippen molar-refractivity contribution in [2.24, 2.45) is 0 Å². The Bertz CT molecular complexity index is 1220. The molecule has 9 heteroatoms. The van der Waals surface area contributed by atoms with Crippen LogP contribution in [0.15, 0.2) is 48.5 Å². The van der Waals surface area contributed by atoms with Crippen LogP contribution in [0, 0.1) is 6.92 Å². The van der Waals surface area contributed by atoms with Gasteiger partial charge in [-0.2, -0.15) is 5.10 Å². The molecule has 1 amide bonds. The van der Waals surface area contributed by atoms with E-state index in [1.54, 1.807) is 12.1 Å². The Kier molecular flexibility index (Phi) is 8.02. The summed E-state index contributed by atoms with van der Waals surface area (Å²) in [5.74, 6) is 0.240. The second-order valence-electron chi connectivity index (χ2n) is 8.83. The van der Waals surface area contributed by atoms with Crippen molar-refractivity contribution in [2.75, 3.05) is 31.8 Å². The minimum atomic E-state index is -0.396. The SMILES string of the molecule is COC(=O)c1ccc([C@H](C)NC(=O)c2c(C)nn3c2N(Cc2cccc(COCCO)c2)CC3)cc1. The molecule has 1 aromatic heterocycles. The van der Waals surface area contributed by atoms with Crippen LogP contribution in [0.4, 0.5) is 5.82 Å². The molecular formula is C27H32N4O5. The summed E-state index contributed by atoms with van der Waals surface area (Å²) in [6.45, 7) is 6.63. The zero-order valence-electron chi connectivity index (χ0n) is 20.9. The Hall–Kier alpha value is -3.69. The van der Waals surface area contributed by atoms with E-state index in [-0.39, 0.29) is 18.6 Å². The molecule has 2 heterocycles. The standard InChI is InChI=1S/C27H32N4O5/c1-18(22-7-9-23(10-8-22)27(34)35-3)28-25(33)24-19(2)29-31-12-11-30(26(24)31)16-20-5-4-6-21(15-20)17-36-14-13-32/h4-10,15,18,32H,11-14,16-17H2,1-3H3,(H,28,33)/t18-/m0/s1. The number of nitrogens with one attached hydrogen (secondary N) is 1. The number of methoxy groups -OCH3 is 1. The maximum Gasteiger partial charge on any atom is 0.337 e. The summed E-state index contributed by atoms with van der Waals surface area (Å²) in [5, 5.41) is 16.6. The van der Waals surface area contributed by atoms with Crippen LogP contribution in [-0.2, 0) is 29.2 Å². The lowest BCUT2D eigenvalue weighted by Gasteiger charge is -2.21. The minimum Gasteiger partial charge on any atom is -0.465 e. The maximum atomic E-state index is 13.4. The zero-order valence-corrected chi connectivity index (χ0v) is 20.9. The Balaban J connectivity index is 1.48. The molecular weight excluding hydrogens is 460 g/mol. The van der Waals surface area contributed by atoms with Crippen molar-refractivity contribution >= 4 is 17.7 Å². The molecule has 0 unspecified atom stereocenters. The van der Waals surface area contributed by atoms with Gasteiger partial charge in [-0.25, -0.2) is 9.48 Å². The summed E-state index contributed by atoms with van der Waals surface area (Å²) in [6.07, 6.45) is 0. The third-order valence-corrected chi connectivity index (χ3v) is 6.26. The number of anilines is 1. The van der Waals surface area contributed by atoms with Crippen LogP contribution in [0.2, 0.25) is 0 Å². The molecule has 3 aromatic rings. The van der Waals surface area contributed by atoms with Crippen molar-refractivity contribution in [3.8, 4) is 0 Å². The van der Waals surface area contributed by atoms with Crippen LogP contribution in [0.1, 0.15) is 56.1 Å². The van der Waals surface area contributed by atoms with E-state index < -0.39 is 5.97 Å². The first kappa shape index (κ1) is 25.4. The summed E-state index contributed by atoms with van der Waals surface area (Å²) in [5.41, 5.74) is 4.76. The lowest BCUT2D eigenvalue weighted by molar-refractivity contribution is 0.0600. The van der Waals surface area contributed by atoms with Crippen LogP contribution in [0.5, 0.6) is 0 Å². The lowest BCUT2D eigenvalue weighted by atomic mass is 10.1. The molecule has 1 aliphatic rings. The van der Waals surface area contributed by atoms with Crippen LogP contribution in [-0.4, -0.2) is 53.6 Å². The number of nitrogens with zero attached hydrogens (tertiary/aromatic N) is 3. The van der Waals surface area contributed by atoms with Crippen molar-refractivity contribution in [3.63, 3.8) is 0 Å². The number of rotatable bonds is 10. The molecule has 2 aromatic carbocycles. The molecule has 9 nitrogen and oxygen atoms in total. The van der Waals surface area contributed by atoms with Crippen LogP contribution in [0.25, 0.3) is 0 Å². The van der Waals surface area contributed by atoms with Gasteiger partial charge in [0.25, 0.3) is 5.91 Å². The van der Waals surface area contributed by atoms with Gasteiger partial charge in [-0.15, -0.1) is 0 Å². The van der Waals surface area contributed by atoms with Gasteiger partial charge < -0.3 is 24.8 Å². The largest absolute Gasteiger partial charge is 0.465 e. The summed E-state index contributed by atoms with van der Waals surface area (Å²) in [7, 11) is 1.35. The van der Waals surface area contributed by atoms with Gasteiger partial charge in [-0.3, -0.25) is 4.79 Å². The van der Waals surface area contributed by atoms with Gasteiger partial charge in [0.15, 0.2) is 0 Å². The number of aromatic nitrogens is 2. The third-order valence-electron chi connectivity index (χ3n) is 6.26. The molecule has 0 spiro atoms.